The molecule has 1 unspecified atom stereocenters. The molecule has 0 aliphatic rings. The van der Waals surface area contributed by atoms with Gasteiger partial charge < -0.3 is 10.1 Å². The minimum Gasteiger partial charge on any atom is -0.497 e. The Morgan fingerprint density at radius 2 is 2.06 bits per heavy atom. The van der Waals surface area contributed by atoms with Gasteiger partial charge in [0, 0.05) is 12.5 Å². The van der Waals surface area contributed by atoms with Gasteiger partial charge in [0.25, 0.3) is 0 Å². The van der Waals surface area contributed by atoms with Crippen LogP contribution in [0.5, 0.6) is 5.75 Å². The van der Waals surface area contributed by atoms with Gasteiger partial charge in [-0.2, -0.15) is 0 Å². The Labute approximate surface area is 104 Å². The van der Waals surface area contributed by atoms with Crippen LogP contribution in [0.15, 0.2) is 24.3 Å². The van der Waals surface area contributed by atoms with Crippen molar-refractivity contribution in [1.82, 2.24) is 5.32 Å². The van der Waals surface area contributed by atoms with E-state index in [1.165, 1.54) is 5.56 Å². The number of methoxy groups -OCH3 is 1. The molecule has 0 radical (unpaired) electrons. The van der Waals surface area contributed by atoms with Gasteiger partial charge in [0.15, 0.2) is 0 Å². The zero-order valence-electron chi connectivity index (χ0n) is 10.7. The Hall–Kier alpha value is -1.46. The van der Waals surface area contributed by atoms with Crippen LogP contribution in [-0.4, -0.2) is 19.7 Å². The third kappa shape index (κ3) is 4.93. The highest BCUT2D eigenvalue weighted by Crippen LogP contribution is 2.14. The summed E-state index contributed by atoms with van der Waals surface area (Å²) in [5, 5.41) is 3.47. The number of hydrogen-bond donors (Lipinski definition) is 1. The maximum atomic E-state index is 5.31. The molecule has 2 heteroatoms. The number of likely N-dealkylation sites (N-methyl/N-ethyl adjacent to an activating group) is 1. The first-order valence-electron chi connectivity index (χ1n) is 6.10. The van der Waals surface area contributed by atoms with Gasteiger partial charge in [-0.3, -0.25) is 0 Å². The lowest BCUT2D eigenvalue weighted by Crippen LogP contribution is -2.30. The Bertz CT molecular complexity index is 350. The SMILES string of the molecule is C#CCCC(Cc1ccc(OC)cc1)NCC. The molecule has 0 fully saturated rings. The molecule has 0 saturated carbocycles. The molecule has 1 atom stereocenters. The molecule has 0 aliphatic heterocycles. The van der Waals surface area contributed by atoms with Crippen LogP contribution >= 0.6 is 0 Å². The van der Waals surface area contributed by atoms with E-state index in [2.05, 4.69) is 30.3 Å². The van der Waals surface area contributed by atoms with Crippen LogP contribution in [0.2, 0.25) is 0 Å². The van der Waals surface area contributed by atoms with E-state index < -0.39 is 0 Å². The van der Waals surface area contributed by atoms with E-state index in [9.17, 15) is 0 Å². The second-order valence-corrected chi connectivity index (χ2v) is 4.05. The van der Waals surface area contributed by atoms with Gasteiger partial charge in [-0.1, -0.05) is 19.1 Å². The van der Waals surface area contributed by atoms with E-state index in [1.54, 1.807) is 7.11 Å². The quantitative estimate of drug-likeness (QED) is 0.728. The largest absolute Gasteiger partial charge is 0.497 e. The van der Waals surface area contributed by atoms with Crippen molar-refractivity contribution < 1.29 is 4.74 Å². The number of benzene rings is 1. The maximum absolute atomic E-state index is 5.31. The molecule has 0 bridgehead atoms. The standard InChI is InChI=1S/C15H21NO/c1-4-6-7-14(16-5-2)12-13-8-10-15(17-3)11-9-13/h1,8-11,14,16H,5-7,12H2,2-3H3. The van der Waals surface area contributed by atoms with E-state index in [4.69, 9.17) is 11.2 Å². The summed E-state index contributed by atoms with van der Waals surface area (Å²) < 4.78 is 5.14. The highest BCUT2D eigenvalue weighted by Gasteiger charge is 2.07. The van der Waals surface area contributed by atoms with Gasteiger partial charge in [0.2, 0.25) is 0 Å². The number of terminal acetylenes is 1. The Kier molecular flexibility index (Phi) is 6.21. The molecule has 0 heterocycles. The highest BCUT2D eigenvalue weighted by molar-refractivity contribution is 5.27. The van der Waals surface area contributed by atoms with Crippen molar-refractivity contribution in [3.8, 4) is 18.1 Å². The Morgan fingerprint density at radius 1 is 1.35 bits per heavy atom. The van der Waals surface area contributed by atoms with E-state index in [0.29, 0.717) is 6.04 Å². The number of hydrogen-bond acceptors (Lipinski definition) is 2. The third-order valence-corrected chi connectivity index (χ3v) is 2.77. The molecule has 1 aromatic carbocycles. The van der Waals surface area contributed by atoms with Crippen LogP contribution in [0, 0.1) is 12.3 Å². The molecule has 17 heavy (non-hydrogen) atoms. The molecule has 1 rings (SSSR count). The molecular weight excluding hydrogens is 210 g/mol. The molecule has 0 saturated heterocycles. The summed E-state index contributed by atoms with van der Waals surface area (Å²) in [6.07, 6.45) is 8.17. The molecule has 0 aromatic heterocycles. The normalized spacial score (nSPS) is 11.8. The Balaban J connectivity index is 2.55. The molecule has 2 nitrogen and oxygen atoms in total. The molecular formula is C15H21NO. The van der Waals surface area contributed by atoms with Crippen LogP contribution in [-0.2, 0) is 6.42 Å². The summed E-state index contributed by atoms with van der Waals surface area (Å²) in [4.78, 5) is 0. The molecule has 1 N–H and O–H groups in total. The summed E-state index contributed by atoms with van der Waals surface area (Å²) in [5.41, 5.74) is 1.31. The lowest BCUT2D eigenvalue weighted by Gasteiger charge is -2.16. The molecule has 0 aliphatic carbocycles. The zero-order valence-corrected chi connectivity index (χ0v) is 10.7. The van der Waals surface area contributed by atoms with Gasteiger partial charge in [-0.25, -0.2) is 0 Å². The highest BCUT2D eigenvalue weighted by atomic mass is 16.5. The van der Waals surface area contributed by atoms with Crippen LogP contribution in [0.4, 0.5) is 0 Å². The fraction of sp³-hybridized carbons (Fsp3) is 0.467. The van der Waals surface area contributed by atoms with Crippen LogP contribution in [0.25, 0.3) is 0 Å². The average Bonchev–Trinajstić information content (AvgIpc) is 2.37. The van der Waals surface area contributed by atoms with Gasteiger partial charge in [0.1, 0.15) is 5.75 Å². The second kappa shape index (κ2) is 7.76. The summed E-state index contributed by atoms with van der Waals surface area (Å²) in [5.74, 6) is 3.60. The maximum Gasteiger partial charge on any atom is 0.118 e. The van der Waals surface area contributed by atoms with E-state index in [1.807, 2.05) is 12.1 Å². The lowest BCUT2D eigenvalue weighted by atomic mass is 10.0. The molecule has 0 spiro atoms. The topological polar surface area (TPSA) is 21.3 Å². The smallest absolute Gasteiger partial charge is 0.118 e. The van der Waals surface area contributed by atoms with E-state index >= 15 is 0 Å². The minimum atomic E-state index is 0.462. The second-order valence-electron chi connectivity index (χ2n) is 4.05. The average molecular weight is 231 g/mol. The third-order valence-electron chi connectivity index (χ3n) is 2.77. The number of rotatable bonds is 7. The fourth-order valence-corrected chi connectivity index (χ4v) is 1.87. The molecule has 92 valence electrons. The first kappa shape index (κ1) is 13.6. The van der Waals surface area contributed by atoms with Crippen molar-refractivity contribution in [3.05, 3.63) is 29.8 Å². The monoisotopic (exact) mass is 231 g/mol. The molecule has 1 aromatic rings. The van der Waals surface area contributed by atoms with Crippen molar-refractivity contribution in [2.75, 3.05) is 13.7 Å². The number of ether oxygens (including phenoxy) is 1. The van der Waals surface area contributed by atoms with Crippen molar-refractivity contribution in [2.45, 2.75) is 32.2 Å². The van der Waals surface area contributed by atoms with Crippen LogP contribution < -0.4 is 10.1 Å². The van der Waals surface area contributed by atoms with Gasteiger partial charge >= 0.3 is 0 Å². The van der Waals surface area contributed by atoms with Crippen molar-refractivity contribution in [3.63, 3.8) is 0 Å². The van der Waals surface area contributed by atoms with Crippen LogP contribution in [0.3, 0.4) is 0 Å². The zero-order chi connectivity index (χ0) is 12.5. The number of nitrogens with one attached hydrogen (secondary N) is 1. The first-order chi connectivity index (χ1) is 8.30. The molecule has 0 amide bonds. The van der Waals surface area contributed by atoms with Gasteiger partial charge in [0.05, 0.1) is 7.11 Å². The lowest BCUT2D eigenvalue weighted by molar-refractivity contribution is 0.414. The summed E-state index contributed by atoms with van der Waals surface area (Å²) in [6.45, 7) is 3.10. The van der Waals surface area contributed by atoms with Crippen molar-refractivity contribution >= 4 is 0 Å². The van der Waals surface area contributed by atoms with Gasteiger partial charge in [-0.05, 0) is 37.1 Å². The van der Waals surface area contributed by atoms with E-state index in [0.717, 1.165) is 31.6 Å². The van der Waals surface area contributed by atoms with E-state index in [-0.39, 0.29) is 0 Å². The predicted molar refractivity (Wildman–Crippen MR) is 72.2 cm³/mol. The minimum absolute atomic E-state index is 0.462. The van der Waals surface area contributed by atoms with Crippen LogP contribution in [0.1, 0.15) is 25.3 Å². The summed E-state index contributed by atoms with van der Waals surface area (Å²) in [7, 11) is 1.68. The predicted octanol–water partition coefficient (Wildman–Crippen LogP) is 2.63. The Morgan fingerprint density at radius 3 is 2.59 bits per heavy atom. The first-order valence-corrected chi connectivity index (χ1v) is 6.10. The van der Waals surface area contributed by atoms with Gasteiger partial charge in [-0.15, -0.1) is 12.3 Å². The fourth-order valence-electron chi connectivity index (χ4n) is 1.87. The summed E-state index contributed by atoms with van der Waals surface area (Å²) in [6, 6.07) is 8.68. The summed E-state index contributed by atoms with van der Waals surface area (Å²) >= 11 is 0. The van der Waals surface area contributed by atoms with Crippen molar-refractivity contribution in [2.24, 2.45) is 0 Å². The van der Waals surface area contributed by atoms with Crippen molar-refractivity contribution in [1.29, 1.82) is 0 Å².